The number of hydrogen-bond donors (Lipinski definition) is 2. The van der Waals surface area contributed by atoms with Gasteiger partial charge in [0.1, 0.15) is 11.5 Å². The quantitative estimate of drug-likeness (QED) is 0.484. The van der Waals surface area contributed by atoms with Crippen LogP contribution in [0.1, 0.15) is 20.8 Å². The normalized spacial score (nSPS) is 11.3. The molecule has 1 aromatic carbocycles. The lowest BCUT2D eigenvalue weighted by atomic mass is 10.3. The Kier molecular flexibility index (Phi) is 7.86. The summed E-state index contributed by atoms with van der Waals surface area (Å²) in [7, 11) is 0. The molecule has 0 aliphatic rings. The van der Waals surface area contributed by atoms with Crippen LogP contribution in [0.3, 0.4) is 0 Å². The molecular formula is C15H22N2O. The summed E-state index contributed by atoms with van der Waals surface area (Å²) < 4.78 is 5.56. The Bertz CT molecular complexity index is 413. The van der Waals surface area contributed by atoms with Gasteiger partial charge in [0.05, 0.1) is 0 Å². The molecule has 0 aliphatic heterocycles. The van der Waals surface area contributed by atoms with Gasteiger partial charge in [0.25, 0.3) is 0 Å². The smallest absolute Gasteiger partial charge is 0.127 e. The highest BCUT2D eigenvalue weighted by atomic mass is 16.5. The van der Waals surface area contributed by atoms with E-state index in [0.717, 1.165) is 0 Å². The molecule has 0 unspecified atom stereocenters. The highest BCUT2D eigenvalue weighted by Crippen LogP contribution is 2.16. The van der Waals surface area contributed by atoms with E-state index in [9.17, 15) is 0 Å². The van der Waals surface area contributed by atoms with Crippen LogP contribution >= 0.6 is 0 Å². The maximum atomic E-state index is 5.57. The molecule has 0 saturated carbocycles. The van der Waals surface area contributed by atoms with Crippen molar-refractivity contribution in [2.75, 3.05) is 5.73 Å². The maximum Gasteiger partial charge on any atom is 0.127 e. The summed E-state index contributed by atoms with van der Waals surface area (Å²) in [6.45, 7) is 9.47. The minimum Gasteiger partial charge on any atom is -0.457 e. The minimum absolute atomic E-state index is 0.634. The van der Waals surface area contributed by atoms with E-state index in [2.05, 4.69) is 6.58 Å². The fourth-order valence-corrected chi connectivity index (χ4v) is 1.03. The van der Waals surface area contributed by atoms with Gasteiger partial charge in [0.15, 0.2) is 0 Å². The van der Waals surface area contributed by atoms with E-state index in [1.807, 2.05) is 13.8 Å². The van der Waals surface area contributed by atoms with Crippen molar-refractivity contribution in [1.29, 1.82) is 0 Å². The molecule has 98 valence electrons. The predicted molar refractivity (Wildman–Crippen MR) is 79.1 cm³/mol. The number of nitrogen functional groups attached to an aromatic ring is 1. The first kappa shape index (κ1) is 15.8. The molecule has 0 bridgehead atoms. The molecule has 1 aromatic rings. The third-order valence-corrected chi connectivity index (χ3v) is 1.83. The summed E-state index contributed by atoms with van der Waals surface area (Å²) in [4.78, 5) is 0. The lowest BCUT2D eigenvalue weighted by Crippen LogP contribution is -1.93. The van der Waals surface area contributed by atoms with Gasteiger partial charge in [-0.1, -0.05) is 20.4 Å². The van der Waals surface area contributed by atoms with Crippen LogP contribution < -0.4 is 16.2 Å². The van der Waals surface area contributed by atoms with E-state index in [1.165, 1.54) is 0 Å². The van der Waals surface area contributed by atoms with E-state index in [1.54, 1.807) is 49.4 Å². The molecule has 0 aliphatic carbocycles. The van der Waals surface area contributed by atoms with E-state index in [4.69, 9.17) is 16.2 Å². The standard InChI is InChI=1S/C13H16N2O.C2H6/c1-3-12(7-4-10(2)14)16-13-8-5-11(15)6-9-13;1-2/h3-9H,1,14-15H2,2H3;1-2H3/b10-4+,12-7+;. The molecular weight excluding hydrogens is 224 g/mol. The summed E-state index contributed by atoms with van der Waals surface area (Å²) in [5.74, 6) is 1.35. The fourth-order valence-electron chi connectivity index (χ4n) is 1.03. The number of allylic oxidation sites excluding steroid dienone is 4. The summed E-state index contributed by atoms with van der Waals surface area (Å²) in [6, 6.07) is 7.15. The number of ether oxygens (including phenoxy) is 1. The third-order valence-electron chi connectivity index (χ3n) is 1.83. The van der Waals surface area contributed by atoms with Crippen molar-refractivity contribution in [1.82, 2.24) is 0 Å². The molecule has 0 atom stereocenters. The van der Waals surface area contributed by atoms with Crippen molar-refractivity contribution >= 4 is 5.69 Å². The Morgan fingerprint density at radius 2 is 1.72 bits per heavy atom. The second kappa shape index (κ2) is 8.93. The number of hydrogen-bond acceptors (Lipinski definition) is 3. The van der Waals surface area contributed by atoms with Crippen LogP contribution in [0.25, 0.3) is 0 Å². The van der Waals surface area contributed by atoms with Gasteiger partial charge in [-0.15, -0.1) is 0 Å². The summed E-state index contributed by atoms with van der Waals surface area (Å²) in [5.41, 5.74) is 12.5. The highest BCUT2D eigenvalue weighted by molar-refractivity contribution is 5.42. The lowest BCUT2D eigenvalue weighted by molar-refractivity contribution is 0.445. The SMILES string of the molecule is C=C/C(=C\C=C(/C)N)Oc1ccc(N)cc1.CC. The third kappa shape index (κ3) is 6.43. The van der Waals surface area contributed by atoms with Crippen molar-refractivity contribution in [3.63, 3.8) is 0 Å². The summed E-state index contributed by atoms with van der Waals surface area (Å²) in [6.07, 6.45) is 5.14. The van der Waals surface area contributed by atoms with Gasteiger partial charge in [-0.2, -0.15) is 0 Å². The molecule has 0 spiro atoms. The van der Waals surface area contributed by atoms with E-state index >= 15 is 0 Å². The molecule has 3 nitrogen and oxygen atoms in total. The molecule has 0 saturated heterocycles. The molecule has 0 fully saturated rings. The van der Waals surface area contributed by atoms with Crippen molar-refractivity contribution in [3.8, 4) is 5.75 Å². The summed E-state index contributed by atoms with van der Waals surface area (Å²) in [5, 5.41) is 0. The second-order valence-corrected chi connectivity index (χ2v) is 3.35. The average molecular weight is 246 g/mol. The fraction of sp³-hybridized carbons (Fsp3) is 0.200. The first-order valence-corrected chi connectivity index (χ1v) is 5.91. The molecule has 4 N–H and O–H groups in total. The van der Waals surface area contributed by atoms with Crippen molar-refractivity contribution in [3.05, 3.63) is 60.5 Å². The van der Waals surface area contributed by atoms with Crippen LogP contribution in [0.5, 0.6) is 5.75 Å². The van der Waals surface area contributed by atoms with E-state index in [0.29, 0.717) is 22.9 Å². The van der Waals surface area contributed by atoms with Crippen LogP contribution in [0, 0.1) is 0 Å². The first-order valence-electron chi connectivity index (χ1n) is 5.91. The molecule has 0 radical (unpaired) electrons. The van der Waals surface area contributed by atoms with Crippen molar-refractivity contribution < 1.29 is 4.74 Å². The van der Waals surface area contributed by atoms with Gasteiger partial charge < -0.3 is 16.2 Å². The summed E-state index contributed by atoms with van der Waals surface area (Å²) >= 11 is 0. The van der Waals surface area contributed by atoms with Crippen LogP contribution in [-0.2, 0) is 0 Å². The van der Waals surface area contributed by atoms with Crippen molar-refractivity contribution in [2.24, 2.45) is 5.73 Å². The minimum atomic E-state index is 0.634. The zero-order chi connectivity index (χ0) is 14.0. The Labute approximate surface area is 109 Å². The van der Waals surface area contributed by atoms with Gasteiger partial charge in [0.2, 0.25) is 0 Å². The predicted octanol–water partition coefficient (Wildman–Crippen LogP) is 3.61. The largest absolute Gasteiger partial charge is 0.457 e. The molecule has 0 heterocycles. The van der Waals surface area contributed by atoms with Gasteiger partial charge in [-0.05, 0) is 49.4 Å². The zero-order valence-electron chi connectivity index (χ0n) is 11.3. The number of benzene rings is 1. The second-order valence-electron chi connectivity index (χ2n) is 3.35. The molecule has 1 rings (SSSR count). The van der Waals surface area contributed by atoms with E-state index < -0.39 is 0 Å². The zero-order valence-corrected chi connectivity index (χ0v) is 11.3. The van der Waals surface area contributed by atoms with Gasteiger partial charge in [-0.3, -0.25) is 0 Å². The molecule has 3 heteroatoms. The Morgan fingerprint density at radius 3 is 2.17 bits per heavy atom. The Balaban J connectivity index is 0.00000137. The van der Waals surface area contributed by atoms with Crippen LogP contribution in [0.15, 0.2) is 60.5 Å². The lowest BCUT2D eigenvalue weighted by Gasteiger charge is -2.05. The number of nitrogens with two attached hydrogens (primary N) is 2. The Morgan fingerprint density at radius 1 is 1.17 bits per heavy atom. The molecule has 18 heavy (non-hydrogen) atoms. The number of rotatable bonds is 4. The average Bonchev–Trinajstić information content (AvgIpc) is 2.39. The van der Waals surface area contributed by atoms with Crippen LogP contribution in [0.4, 0.5) is 5.69 Å². The van der Waals surface area contributed by atoms with Crippen LogP contribution in [-0.4, -0.2) is 0 Å². The highest BCUT2D eigenvalue weighted by Gasteiger charge is 1.95. The van der Waals surface area contributed by atoms with Gasteiger partial charge in [0, 0.05) is 11.4 Å². The van der Waals surface area contributed by atoms with Crippen LogP contribution in [0.2, 0.25) is 0 Å². The topological polar surface area (TPSA) is 61.3 Å². The van der Waals surface area contributed by atoms with Gasteiger partial charge in [-0.25, -0.2) is 0 Å². The number of anilines is 1. The Hall–Kier alpha value is -2.16. The molecule has 0 aromatic heterocycles. The first-order chi connectivity index (χ1) is 8.61. The van der Waals surface area contributed by atoms with Crippen molar-refractivity contribution in [2.45, 2.75) is 20.8 Å². The monoisotopic (exact) mass is 246 g/mol. The molecule has 0 amide bonds. The van der Waals surface area contributed by atoms with E-state index in [-0.39, 0.29) is 0 Å². The van der Waals surface area contributed by atoms with Gasteiger partial charge >= 0.3 is 0 Å². The maximum absolute atomic E-state index is 5.57.